The molecule has 0 spiro atoms. The van der Waals surface area contributed by atoms with Crippen molar-refractivity contribution in [3.05, 3.63) is 29.8 Å². The van der Waals surface area contributed by atoms with Gasteiger partial charge in [0.15, 0.2) is 14.6 Å². The lowest BCUT2D eigenvalue weighted by Gasteiger charge is -2.24. The molecule has 4 nitrogen and oxygen atoms in total. The van der Waals surface area contributed by atoms with Crippen LogP contribution in [-0.2, 0) is 14.6 Å². The lowest BCUT2D eigenvalue weighted by Crippen LogP contribution is -2.44. The number of carboxylic acid groups (broad SMARTS) is 1. The summed E-state index contributed by atoms with van der Waals surface area (Å²) in [6, 6.07) is 6.56. The summed E-state index contributed by atoms with van der Waals surface area (Å²) in [6.45, 7) is 1.69. The van der Waals surface area contributed by atoms with Gasteiger partial charge in [-0.15, -0.1) is 0 Å². The van der Waals surface area contributed by atoms with E-state index in [0.29, 0.717) is 18.4 Å². The molecule has 1 N–H and O–H groups in total. The molecule has 18 heavy (non-hydrogen) atoms. The number of carboxylic acids is 1. The smallest absolute Gasteiger partial charge is 0.325 e. The summed E-state index contributed by atoms with van der Waals surface area (Å²) >= 11 is 0. The van der Waals surface area contributed by atoms with E-state index < -0.39 is 20.6 Å². The first kappa shape index (κ1) is 13.1. The van der Waals surface area contributed by atoms with E-state index in [4.69, 9.17) is 0 Å². The van der Waals surface area contributed by atoms with Gasteiger partial charge in [-0.2, -0.15) is 0 Å². The number of hydrogen-bond acceptors (Lipinski definition) is 3. The average Bonchev–Trinajstić information content (AvgIpc) is 2.79. The van der Waals surface area contributed by atoms with Crippen molar-refractivity contribution in [2.45, 2.75) is 42.2 Å². The van der Waals surface area contributed by atoms with E-state index in [-0.39, 0.29) is 17.7 Å². The largest absolute Gasteiger partial charge is 0.480 e. The van der Waals surface area contributed by atoms with Crippen LogP contribution in [0.1, 0.15) is 31.2 Å². The van der Waals surface area contributed by atoms with Gasteiger partial charge in [-0.1, -0.05) is 31.0 Å². The summed E-state index contributed by atoms with van der Waals surface area (Å²) in [6.07, 6.45) is 1.72. The highest BCUT2D eigenvalue weighted by molar-refractivity contribution is 7.93. The van der Waals surface area contributed by atoms with Gasteiger partial charge in [0.25, 0.3) is 0 Å². The molecule has 1 saturated carbocycles. The van der Waals surface area contributed by atoms with Gasteiger partial charge in [0.2, 0.25) is 0 Å². The van der Waals surface area contributed by atoms with Crippen LogP contribution in [-0.4, -0.2) is 24.2 Å². The monoisotopic (exact) mass is 268 g/mol. The lowest BCUT2D eigenvalue weighted by atomic mass is 10.1. The van der Waals surface area contributed by atoms with Crippen molar-refractivity contribution in [2.75, 3.05) is 0 Å². The van der Waals surface area contributed by atoms with E-state index in [1.54, 1.807) is 25.1 Å². The molecule has 0 radical (unpaired) electrons. The summed E-state index contributed by atoms with van der Waals surface area (Å²) in [7, 11) is -3.83. The average molecular weight is 268 g/mol. The molecule has 0 bridgehead atoms. The zero-order valence-electron chi connectivity index (χ0n) is 10.2. The van der Waals surface area contributed by atoms with E-state index in [2.05, 4.69) is 0 Å². The van der Waals surface area contributed by atoms with Crippen LogP contribution in [0, 0.1) is 6.92 Å². The predicted molar refractivity (Wildman–Crippen MR) is 67.2 cm³/mol. The van der Waals surface area contributed by atoms with Gasteiger partial charge in [-0.25, -0.2) is 8.42 Å². The number of rotatable bonds is 3. The van der Waals surface area contributed by atoms with Crippen LogP contribution in [0.5, 0.6) is 0 Å². The van der Waals surface area contributed by atoms with Crippen LogP contribution in [0.25, 0.3) is 0 Å². The minimum atomic E-state index is -3.83. The molecule has 0 unspecified atom stereocenters. The minimum Gasteiger partial charge on any atom is -0.480 e. The van der Waals surface area contributed by atoms with Gasteiger partial charge in [-0.3, -0.25) is 4.79 Å². The Labute approximate surface area is 107 Å². The molecule has 1 aliphatic carbocycles. The minimum absolute atomic E-state index is 0.148. The summed E-state index contributed by atoms with van der Waals surface area (Å²) in [5, 5.41) is 9.37. The third-order valence-electron chi connectivity index (χ3n) is 3.70. The fraction of sp³-hybridized carbons (Fsp3) is 0.462. The van der Waals surface area contributed by atoms with Crippen LogP contribution in [0.3, 0.4) is 0 Å². The molecular formula is C13H16O4S. The Kier molecular flexibility index (Phi) is 3.19. The third-order valence-corrected chi connectivity index (χ3v) is 6.35. The molecule has 1 aliphatic rings. The molecule has 0 atom stereocenters. The molecule has 5 heteroatoms. The zero-order chi connectivity index (χ0) is 13.4. The Morgan fingerprint density at radius 1 is 1.22 bits per heavy atom. The van der Waals surface area contributed by atoms with Crippen molar-refractivity contribution < 1.29 is 18.3 Å². The standard InChI is InChI=1S/C13H16O4S/c1-10-6-2-3-7-11(10)18(16,17)13(12(14)15)8-4-5-9-13/h2-3,6-7H,4-5,8-9H2,1H3,(H,14,15). The number of hydrogen-bond donors (Lipinski definition) is 1. The second-order valence-corrected chi connectivity index (χ2v) is 7.00. The van der Waals surface area contributed by atoms with Gasteiger partial charge in [-0.05, 0) is 31.4 Å². The molecule has 1 aromatic rings. The second kappa shape index (κ2) is 4.39. The summed E-state index contributed by atoms with van der Waals surface area (Å²) < 4.78 is 23.6. The number of aliphatic carboxylic acids is 1. The first-order chi connectivity index (χ1) is 8.42. The number of benzene rings is 1. The van der Waals surface area contributed by atoms with Crippen molar-refractivity contribution in [3.63, 3.8) is 0 Å². The number of sulfone groups is 1. The second-order valence-electron chi connectivity index (χ2n) is 4.78. The van der Waals surface area contributed by atoms with Gasteiger partial charge < -0.3 is 5.11 Å². The Morgan fingerprint density at radius 3 is 2.28 bits per heavy atom. The van der Waals surface area contributed by atoms with E-state index in [0.717, 1.165) is 0 Å². The normalized spacial score (nSPS) is 18.7. The topological polar surface area (TPSA) is 71.4 Å². The Balaban J connectivity index is 2.61. The van der Waals surface area contributed by atoms with Crippen LogP contribution < -0.4 is 0 Å². The molecule has 98 valence electrons. The highest BCUT2D eigenvalue weighted by Gasteiger charge is 2.53. The molecule has 2 rings (SSSR count). The van der Waals surface area contributed by atoms with E-state index >= 15 is 0 Å². The number of carbonyl (C=O) groups is 1. The summed E-state index contributed by atoms with van der Waals surface area (Å²) in [5.41, 5.74) is 0.602. The van der Waals surface area contributed by atoms with Crippen molar-refractivity contribution in [2.24, 2.45) is 0 Å². The van der Waals surface area contributed by atoms with Crippen molar-refractivity contribution in [1.29, 1.82) is 0 Å². The molecule has 0 heterocycles. The molecule has 1 fully saturated rings. The zero-order valence-corrected chi connectivity index (χ0v) is 11.0. The van der Waals surface area contributed by atoms with E-state index in [9.17, 15) is 18.3 Å². The third kappa shape index (κ3) is 1.73. The fourth-order valence-corrected chi connectivity index (χ4v) is 4.84. The number of aryl methyl sites for hydroxylation is 1. The first-order valence-corrected chi connectivity index (χ1v) is 7.44. The molecule has 0 saturated heterocycles. The molecule has 0 aromatic heterocycles. The Hall–Kier alpha value is -1.36. The highest BCUT2D eigenvalue weighted by Crippen LogP contribution is 2.41. The SMILES string of the molecule is Cc1ccccc1S(=O)(=O)C1(C(=O)O)CCCC1. The van der Waals surface area contributed by atoms with Gasteiger partial charge in [0.05, 0.1) is 4.90 Å². The fourth-order valence-electron chi connectivity index (χ4n) is 2.61. The molecule has 0 aliphatic heterocycles. The molecule has 1 aromatic carbocycles. The van der Waals surface area contributed by atoms with Crippen molar-refractivity contribution in [1.82, 2.24) is 0 Å². The van der Waals surface area contributed by atoms with Gasteiger partial charge >= 0.3 is 5.97 Å². The highest BCUT2D eigenvalue weighted by atomic mass is 32.2. The van der Waals surface area contributed by atoms with Crippen LogP contribution >= 0.6 is 0 Å². The lowest BCUT2D eigenvalue weighted by molar-refractivity contribution is -0.139. The maximum absolute atomic E-state index is 12.6. The van der Waals surface area contributed by atoms with Crippen molar-refractivity contribution in [3.8, 4) is 0 Å². The van der Waals surface area contributed by atoms with Gasteiger partial charge in [0.1, 0.15) is 0 Å². The van der Waals surface area contributed by atoms with Crippen LogP contribution in [0.15, 0.2) is 29.2 Å². The summed E-state index contributed by atoms with van der Waals surface area (Å²) in [5.74, 6) is -1.22. The van der Waals surface area contributed by atoms with Gasteiger partial charge in [0, 0.05) is 0 Å². The maximum atomic E-state index is 12.6. The van der Waals surface area contributed by atoms with Crippen LogP contribution in [0.4, 0.5) is 0 Å². The van der Waals surface area contributed by atoms with E-state index in [1.165, 1.54) is 6.07 Å². The Bertz CT molecular complexity index is 568. The summed E-state index contributed by atoms with van der Waals surface area (Å²) in [4.78, 5) is 11.6. The maximum Gasteiger partial charge on any atom is 0.325 e. The quantitative estimate of drug-likeness (QED) is 0.912. The molecular weight excluding hydrogens is 252 g/mol. The molecule has 0 amide bonds. The predicted octanol–water partition coefficient (Wildman–Crippen LogP) is 2.17. The first-order valence-electron chi connectivity index (χ1n) is 5.95. The Morgan fingerprint density at radius 2 is 1.78 bits per heavy atom. The van der Waals surface area contributed by atoms with E-state index in [1.807, 2.05) is 0 Å². The van der Waals surface area contributed by atoms with Crippen LogP contribution in [0.2, 0.25) is 0 Å². The van der Waals surface area contributed by atoms with Crippen molar-refractivity contribution >= 4 is 15.8 Å².